The van der Waals surface area contributed by atoms with E-state index in [0.29, 0.717) is 40.4 Å². The second-order valence-electron chi connectivity index (χ2n) is 14.3. The minimum atomic E-state index is -0.0311. The first-order valence-electron chi connectivity index (χ1n) is 13.9. The molecule has 0 aromatic rings. The van der Waals surface area contributed by atoms with Gasteiger partial charge in [0.05, 0.1) is 6.21 Å². The lowest BCUT2D eigenvalue weighted by molar-refractivity contribution is -0.222. The van der Waals surface area contributed by atoms with Gasteiger partial charge in [-0.15, -0.1) is 5.16 Å². The fourth-order valence-corrected chi connectivity index (χ4v) is 11.3. The zero-order valence-corrected chi connectivity index (χ0v) is 22.5. The van der Waals surface area contributed by atoms with Crippen molar-refractivity contribution in [2.24, 2.45) is 61.8 Å². The highest BCUT2D eigenvalue weighted by atomic mass is 16.5. The van der Waals surface area contributed by atoms with E-state index in [2.05, 4.69) is 64.8 Å². The Bertz CT molecular complexity index is 923. The van der Waals surface area contributed by atoms with Gasteiger partial charge in [-0.05, 0) is 111 Å². The number of hydrogen-bond acceptors (Lipinski definition) is 4. The predicted molar refractivity (Wildman–Crippen MR) is 138 cm³/mol. The van der Waals surface area contributed by atoms with Crippen LogP contribution in [-0.4, -0.2) is 16.6 Å². The van der Waals surface area contributed by atoms with E-state index in [1.165, 1.54) is 44.1 Å². The Morgan fingerprint density at radius 3 is 2.38 bits per heavy atom. The maximum Gasteiger partial charge on any atom is 0.0500 e. The van der Waals surface area contributed by atoms with Crippen molar-refractivity contribution in [3.63, 3.8) is 0 Å². The van der Waals surface area contributed by atoms with E-state index >= 15 is 0 Å². The zero-order valence-electron chi connectivity index (χ0n) is 22.5. The molecule has 0 aromatic heterocycles. The SMILES string of the molecule is C=C(C)[C@H]1CC[C@@]2(/C=N\O)CC[C@@]3(C)[C@H](CC[C@@H]4[C@]5(C)CC=C(NO)C(C)(C)[C@@H]5CC[C@@]43C)[C@@H]12. The Balaban J connectivity index is 1.56. The highest BCUT2D eigenvalue weighted by Crippen LogP contribution is 2.77. The first kappa shape index (κ1) is 24.4. The number of nitrogens with zero attached hydrogens (tertiary/aromatic N) is 1. The van der Waals surface area contributed by atoms with Gasteiger partial charge >= 0.3 is 0 Å². The van der Waals surface area contributed by atoms with E-state index in [1.54, 1.807) is 0 Å². The summed E-state index contributed by atoms with van der Waals surface area (Å²) in [6.07, 6.45) is 15.1. The minimum Gasteiger partial charge on any atom is -0.411 e. The van der Waals surface area contributed by atoms with Crippen LogP contribution in [0.5, 0.6) is 0 Å². The molecule has 0 saturated heterocycles. The molecule has 0 radical (unpaired) electrons. The van der Waals surface area contributed by atoms with Gasteiger partial charge in [-0.1, -0.05) is 52.8 Å². The van der Waals surface area contributed by atoms with Gasteiger partial charge in [-0.25, -0.2) is 0 Å². The Morgan fingerprint density at radius 2 is 1.74 bits per heavy atom. The quantitative estimate of drug-likeness (QED) is 0.173. The normalized spacial score (nSPS) is 51.6. The largest absolute Gasteiger partial charge is 0.411 e. The molecule has 0 bridgehead atoms. The standard InChI is InChI=1S/C30H48N2O2/c1-19(2)20-10-15-30(18-31-33)17-16-28(6)21(25(20)30)8-9-23-27(5)13-12-24(32-34)26(3,4)22(27)11-14-29(23,28)7/h12,18,20-23,25,32-34H,1,8-11,13-17H2,2-7H3/b31-18-/t20-,21-,22+,23-,25-,27-,28+,29+,30+/m1/s1. The smallest absolute Gasteiger partial charge is 0.0500 e. The van der Waals surface area contributed by atoms with Crippen molar-refractivity contribution in [2.75, 3.05) is 0 Å². The highest BCUT2D eigenvalue weighted by Gasteiger charge is 2.70. The van der Waals surface area contributed by atoms with Crippen molar-refractivity contribution < 1.29 is 10.4 Å². The number of hydrogen-bond donors (Lipinski definition) is 3. The number of hydroxylamine groups is 1. The van der Waals surface area contributed by atoms with Gasteiger partial charge in [0.25, 0.3) is 0 Å². The molecular weight excluding hydrogens is 420 g/mol. The maximum absolute atomic E-state index is 9.85. The molecule has 4 saturated carbocycles. The van der Waals surface area contributed by atoms with Crippen LogP contribution in [0.4, 0.5) is 0 Å². The van der Waals surface area contributed by atoms with Crippen LogP contribution < -0.4 is 5.48 Å². The van der Waals surface area contributed by atoms with Gasteiger partial charge in [0.15, 0.2) is 0 Å². The number of nitrogens with one attached hydrogen (secondary N) is 1. The van der Waals surface area contributed by atoms with Crippen LogP contribution in [0.3, 0.4) is 0 Å². The molecule has 4 fully saturated rings. The predicted octanol–water partition coefficient (Wildman–Crippen LogP) is 7.58. The highest BCUT2D eigenvalue weighted by molar-refractivity contribution is 5.67. The zero-order chi connectivity index (χ0) is 24.7. The number of fused-ring (bicyclic) bond motifs is 7. The van der Waals surface area contributed by atoms with Gasteiger partial charge < -0.3 is 5.21 Å². The fraction of sp³-hybridized carbons (Fsp3) is 0.833. The van der Waals surface area contributed by atoms with E-state index in [9.17, 15) is 10.4 Å². The summed E-state index contributed by atoms with van der Waals surface area (Å²) in [4.78, 5) is 0. The molecule has 5 aliphatic carbocycles. The molecule has 0 amide bonds. The van der Waals surface area contributed by atoms with E-state index in [1.807, 2.05) is 6.21 Å². The van der Waals surface area contributed by atoms with E-state index in [4.69, 9.17) is 0 Å². The van der Waals surface area contributed by atoms with Crippen molar-refractivity contribution in [1.29, 1.82) is 0 Å². The monoisotopic (exact) mass is 468 g/mol. The third-order valence-electron chi connectivity index (χ3n) is 13.1. The van der Waals surface area contributed by atoms with Gasteiger partial charge in [0.2, 0.25) is 0 Å². The van der Waals surface area contributed by atoms with Crippen LogP contribution in [0.1, 0.15) is 99.3 Å². The Kier molecular flexibility index (Phi) is 5.46. The topological polar surface area (TPSA) is 64.9 Å². The lowest BCUT2D eigenvalue weighted by atomic mass is 9.32. The van der Waals surface area contributed by atoms with Crippen LogP contribution in [-0.2, 0) is 0 Å². The molecule has 3 N–H and O–H groups in total. The second kappa shape index (κ2) is 7.60. The van der Waals surface area contributed by atoms with E-state index in [-0.39, 0.29) is 16.2 Å². The maximum atomic E-state index is 9.85. The van der Waals surface area contributed by atoms with Crippen LogP contribution in [0.2, 0.25) is 0 Å². The number of allylic oxidation sites excluding steroid dienone is 3. The lowest BCUT2D eigenvalue weighted by Gasteiger charge is -2.72. The minimum absolute atomic E-state index is 0.0311. The van der Waals surface area contributed by atoms with Crippen LogP contribution in [0.25, 0.3) is 0 Å². The van der Waals surface area contributed by atoms with Crippen molar-refractivity contribution in [3.05, 3.63) is 23.9 Å². The summed E-state index contributed by atoms with van der Waals surface area (Å²) in [5.41, 5.74) is 5.77. The van der Waals surface area contributed by atoms with Gasteiger partial charge in [-0.2, -0.15) is 0 Å². The molecule has 0 heterocycles. The van der Waals surface area contributed by atoms with Crippen molar-refractivity contribution in [1.82, 2.24) is 5.48 Å². The van der Waals surface area contributed by atoms with Crippen molar-refractivity contribution >= 4 is 6.21 Å². The third kappa shape index (κ3) is 2.84. The molecule has 0 aliphatic heterocycles. The van der Waals surface area contributed by atoms with Crippen molar-refractivity contribution in [2.45, 2.75) is 99.3 Å². The molecule has 5 rings (SSSR count). The summed E-state index contributed by atoms with van der Waals surface area (Å²) < 4.78 is 0. The summed E-state index contributed by atoms with van der Waals surface area (Å²) in [6.45, 7) is 19.2. The van der Waals surface area contributed by atoms with E-state index < -0.39 is 0 Å². The first-order valence-corrected chi connectivity index (χ1v) is 13.9. The second-order valence-corrected chi connectivity index (χ2v) is 14.3. The molecule has 5 aliphatic rings. The van der Waals surface area contributed by atoms with Gasteiger partial charge in [0.1, 0.15) is 0 Å². The summed E-state index contributed by atoms with van der Waals surface area (Å²) in [7, 11) is 0. The molecule has 34 heavy (non-hydrogen) atoms. The first-order chi connectivity index (χ1) is 15.9. The average Bonchev–Trinajstić information content (AvgIpc) is 3.14. The average molecular weight is 469 g/mol. The number of oxime groups is 1. The Morgan fingerprint density at radius 1 is 1.00 bits per heavy atom. The number of rotatable bonds is 3. The van der Waals surface area contributed by atoms with Crippen molar-refractivity contribution in [3.8, 4) is 0 Å². The van der Waals surface area contributed by atoms with Gasteiger partial charge in [-0.3, -0.25) is 10.7 Å². The summed E-state index contributed by atoms with van der Waals surface area (Å²) in [6, 6.07) is 0. The molecule has 4 nitrogen and oxygen atoms in total. The fourth-order valence-electron chi connectivity index (χ4n) is 11.3. The van der Waals surface area contributed by atoms with Crippen LogP contribution >= 0.6 is 0 Å². The van der Waals surface area contributed by atoms with E-state index in [0.717, 1.165) is 25.0 Å². The summed E-state index contributed by atoms with van der Waals surface area (Å²) in [5, 5.41) is 23.2. The molecule has 0 spiro atoms. The molecule has 9 atom stereocenters. The Hall–Kier alpha value is -1.29. The lowest BCUT2D eigenvalue weighted by Crippen LogP contribution is -2.65. The summed E-state index contributed by atoms with van der Waals surface area (Å²) in [5.74, 6) is 3.03. The Labute approximate surface area is 207 Å². The molecular formula is C30H48N2O2. The molecule has 4 heteroatoms. The van der Waals surface area contributed by atoms with Crippen LogP contribution in [0, 0.1) is 56.7 Å². The molecule has 190 valence electrons. The van der Waals surface area contributed by atoms with Gasteiger partial charge in [0, 0.05) is 16.5 Å². The van der Waals surface area contributed by atoms with Crippen LogP contribution in [0.15, 0.2) is 29.1 Å². The molecule has 0 unspecified atom stereocenters. The summed E-state index contributed by atoms with van der Waals surface area (Å²) >= 11 is 0. The third-order valence-corrected chi connectivity index (χ3v) is 13.1. The molecule has 0 aromatic carbocycles.